The molecule has 0 aliphatic carbocycles. The number of allylic oxidation sites excluding steroid dienone is 1. The van der Waals surface area contributed by atoms with Gasteiger partial charge in [-0.3, -0.25) is 4.98 Å². The van der Waals surface area contributed by atoms with Crippen LogP contribution in [0.2, 0.25) is 0 Å². The van der Waals surface area contributed by atoms with Crippen molar-refractivity contribution in [2.75, 3.05) is 11.9 Å². The average Bonchev–Trinajstić information content (AvgIpc) is 2.25. The number of rotatable bonds is 4. The number of nitrogens with zero attached hydrogens (tertiary/aromatic N) is 2. The summed E-state index contributed by atoms with van der Waals surface area (Å²) >= 11 is 0. The fourth-order valence-electron chi connectivity index (χ4n) is 1.09. The summed E-state index contributed by atoms with van der Waals surface area (Å²) in [6.45, 7) is 2.83. The molecule has 0 spiro atoms. The number of hydrogen-bond acceptors (Lipinski definition) is 3. The third-order valence-electron chi connectivity index (χ3n) is 1.80. The second-order valence-electron chi connectivity index (χ2n) is 2.82. The van der Waals surface area contributed by atoms with Crippen LogP contribution >= 0.6 is 0 Å². The molecule has 72 valence electrons. The largest absolute Gasteiger partial charge is 0.384 e. The SMILES string of the molecule is C/C=C/CCNc1ccncc1C#N. The van der Waals surface area contributed by atoms with Crippen LogP contribution in [-0.2, 0) is 0 Å². The van der Waals surface area contributed by atoms with Gasteiger partial charge >= 0.3 is 0 Å². The van der Waals surface area contributed by atoms with Crippen molar-refractivity contribution < 1.29 is 0 Å². The van der Waals surface area contributed by atoms with Crippen LogP contribution in [0.15, 0.2) is 30.6 Å². The molecule has 0 fully saturated rings. The van der Waals surface area contributed by atoms with Crippen molar-refractivity contribution in [2.45, 2.75) is 13.3 Å². The van der Waals surface area contributed by atoms with Gasteiger partial charge in [0, 0.05) is 18.9 Å². The molecule has 3 nitrogen and oxygen atoms in total. The molecule has 0 bridgehead atoms. The predicted octanol–water partition coefficient (Wildman–Crippen LogP) is 2.33. The number of nitrogens with one attached hydrogen (secondary N) is 1. The third kappa shape index (κ3) is 2.91. The van der Waals surface area contributed by atoms with E-state index >= 15 is 0 Å². The molecule has 0 unspecified atom stereocenters. The minimum atomic E-state index is 0.591. The summed E-state index contributed by atoms with van der Waals surface area (Å²) in [5.41, 5.74) is 1.44. The molecule has 14 heavy (non-hydrogen) atoms. The highest BCUT2D eigenvalue weighted by molar-refractivity contribution is 5.55. The van der Waals surface area contributed by atoms with Crippen LogP contribution in [0.1, 0.15) is 18.9 Å². The summed E-state index contributed by atoms with van der Waals surface area (Å²) in [5.74, 6) is 0. The van der Waals surface area contributed by atoms with Crippen LogP contribution in [0.4, 0.5) is 5.69 Å². The summed E-state index contributed by atoms with van der Waals surface area (Å²) < 4.78 is 0. The molecular weight excluding hydrogens is 174 g/mol. The quantitative estimate of drug-likeness (QED) is 0.581. The van der Waals surface area contributed by atoms with Crippen LogP contribution < -0.4 is 5.32 Å². The standard InChI is InChI=1S/C11H13N3/c1-2-3-4-6-14-11-5-7-13-9-10(11)8-12/h2-3,5,7,9H,4,6H2,1H3,(H,13,14)/b3-2+. The molecule has 0 saturated carbocycles. The molecule has 1 N–H and O–H groups in total. The lowest BCUT2D eigenvalue weighted by atomic mass is 10.2. The van der Waals surface area contributed by atoms with E-state index in [9.17, 15) is 0 Å². The Hall–Kier alpha value is -1.82. The fraction of sp³-hybridized carbons (Fsp3) is 0.273. The normalized spacial score (nSPS) is 10.0. The first-order chi connectivity index (χ1) is 6.88. The molecule has 0 aliphatic rings. The smallest absolute Gasteiger partial charge is 0.103 e. The molecule has 1 heterocycles. The second-order valence-corrected chi connectivity index (χ2v) is 2.82. The van der Waals surface area contributed by atoms with E-state index in [0.717, 1.165) is 18.7 Å². The zero-order valence-corrected chi connectivity index (χ0v) is 8.20. The number of pyridine rings is 1. The van der Waals surface area contributed by atoms with Crippen LogP contribution in [0, 0.1) is 11.3 Å². The Morgan fingerprint density at radius 1 is 1.64 bits per heavy atom. The highest BCUT2D eigenvalue weighted by Crippen LogP contribution is 2.11. The van der Waals surface area contributed by atoms with Crippen LogP contribution in [-0.4, -0.2) is 11.5 Å². The van der Waals surface area contributed by atoms with Crippen LogP contribution in [0.25, 0.3) is 0 Å². The van der Waals surface area contributed by atoms with Crippen molar-refractivity contribution in [3.63, 3.8) is 0 Å². The Morgan fingerprint density at radius 3 is 3.21 bits per heavy atom. The Kier molecular flexibility index (Phi) is 4.22. The maximum atomic E-state index is 8.78. The van der Waals surface area contributed by atoms with Gasteiger partial charge in [-0.15, -0.1) is 0 Å². The summed E-state index contributed by atoms with van der Waals surface area (Å²) in [6, 6.07) is 3.91. The zero-order valence-electron chi connectivity index (χ0n) is 8.20. The number of aromatic nitrogens is 1. The van der Waals surface area contributed by atoms with Crippen LogP contribution in [0.3, 0.4) is 0 Å². The number of nitriles is 1. The van der Waals surface area contributed by atoms with Gasteiger partial charge < -0.3 is 5.32 Å². The minimum absolute atomic E-state index is 0.591. The van der Waals surface area contributed by atoms with E-state index in [-0.39, 0.29) is 0 Å². The summed E-state index contributed by atoms with van der Waals surface area (Å²) in [5, 5.41) is 12.0. The Labute approximate surface area is 84.1 Å². The third-order valence-corrected chi connectivity index (χ3v) is 1.80. The van der Waals surface area contributed by atoms with Crippen LogP contribution in [0.5, 0.6) is 0 Å². The first-order valence-corrected chi connectivity index (χ1v) is 4.57. The van der Waals surface area contributed by atoms with E-state index in [1.54, 1.807) is 12.4 Å². The lowest BCUT2D eigenvalue weighted by molar-refractivity contribution is 1.06. The predicted molar refractivity (Wildman–Crippen MR) is 56.9 cm³/mol. The van der Waals surface area contributed by atoms with E-state index in [1.807, 2.05) is 19.1 Å². The molecule has 1 rings (SSSR count). The van der Waals surface area contributed by atoms with Crippen molar-refractivity contribution in [1.29, 1.82) is 5.26 Å². The topological polar surface area (TPSA) is 48.7 Å². The average molecular weight is 187 g/mol. The highest BCUT2D eigenvalue weighted by atomic mass is 14.9. The molecule has 3 heteroatoms. The lowest BCUT2D eigenvalue weighted by Crippen LogP contribution is -2.02. The van der Waals surface area contributed by atoms with Crippen molar-refractivity contribution in [3.8, 4) is 6.07 Å². The highest BCUT2D eigenvalue weighted by Gasteiger charge is 1.98. The van der Waals surface area contributed by atoms with E-state index in [0.29, 0.717) is 5.56 Å². The Bertz CT molecular complexity index is 350. The van der Waals surface area contributed by atoms with Gasteiger partial charge in [0.2, 0.25) is 0 Å². The van der Waals surface area contributed by atoms with Gasteiger partial charge in [0.05, 0.1) is 11.3 Å². The second kappa shape index (κ2) is 5.76. The van der Waals surface area contributed by atoms with E-state index in [4.69, 9.17) is 5.26 Å². The van der Waals surface area contributed by atoms with E-state index < -0.39 is 0 Å². The maximum Gasteiger partial charge on any atom is 0.103 e. The zero-order chi connectivity index (χ0) is 10.2. The summed E-state index contributed by atoms with van der Waals surface area (Å²) in [7, 11) is 0. The molecule has 0 aliphatic heterocycles. The van der Waals surface area contributed by atoms with E-state index in [1.165, 1.54) is 0 Å². The molecule has 0 amide bonds. The molecule has 0 radical (unpaired) electrons. The summed E-state index contributed by atoms with van der Waals surface area (Å²) in [4.78, 5) is 3.88. The summed E-state index contributed by atoms with van der Waals surface area (Å²) in [6.07, 6.45) is 8.31. The van der Waals surface area contributed by atoms with Gasteiger partial charge in [0.15, 0.2) is 0 Å². The fourth-order valence-corrected chi connectivity index (χ4v) is 1.09. The molecule has 0 aromatic carbocycles. The molecule has 1 aromatic heterocycles. The number of anilines is 1. The molecule has 1 aromatic rings. The molecule has 0 atom stereocenters. The van der Waals surface area contributed by atoms with Crippen molar-refractivity contribution in [1.82, 2.24) is 4.98 Å². The van der Waals surface area contributed by atoms with Crippen molar-refractivity contribution >= 4 is 5.69 Å². The van der Waals surface area contributed by atoms with Gasteiger partial charge in [-0.2, -0.15) is 5.26 Å². The van der Waals surface area contributed by atoms with Crippen molar-refractivity contribution in [2.24, 2.45) is 0 Å². The minimum Gasteiger partial charge on any atom is -0.384 e. The van der Waals surface area contributed by atoms with Gasteiger partial charge in [0.25, 0.3) is 0 Å². The molecule has 0 saturated heterocycles. The monoisotopic (exact) mass is 187 g/mol. The van der Waals surface area contributed by atoms with Gasteiger partial charge in [0.1, 0.15) is 6.07 Å². The first kappa shape index (κ1) is 10.3. The number of hydrogen-bond donors (Lipinski definition) is 1. The maximum absolute atomic E-state index is 8.78. The Balaban J connectivity index is 2.54. The lowest BCUT2D eigenvalue weighted by Gasteiger charge is -2.05. The Morgan fingerprint density at radius 2 is 2.50 bits per heavy atom. The molecular formula is C11H13N3. The van der Waals surface area contributed by atoms with Gasteiger partial charge in [-0.05, 0) is 19.4 Å². The first-order valence-electron chi connectivity index (χ1n) is 4.57. The van der Waals surface area contributed by atoms with Gasteiger partial charge in [-0.1, -0.05) is 12.2 Å². The van der Waals surface area contributed by atoms with Gasteiger partial charge in [-0.25, -0.2) is 0 Å². The van der Waals surface area contributed by atoms with Crippen molar-refractivity contribution in [3.05, 3.63) is 36.2 Å². The van der Waals surface area contributed by atoms with E-state index in [2.05, 4.69) is 22.4 Å².